The summed E-state index contributed by atoms with van der Waals surface area (Å²) < 4.78 is 6.37. The van der Waals surface area contributed by atoms with E-state index < -0.39 is 4.92 Å². The third-order valence-corrected chi connectivity index (χ3v) is 6.04. The molecular formula is C19H22N4O5S. The Morgan fingerprint density at radius 2 is 2.00 bits per heavy atom. The van der Waals surface area contributed by atoms with E-state index in [0.29, 0.717) is 42.3 Å². The topological polar surface area (TPSA) is 108 Å². The van der Waals surface area contributed by atoms with E-state index in [4.69, 9.17) is 4.74 Å². The number of ether oxygens (including phenoxy) is 1. The van der Waals surface area contributed by atoms with Crippen LogP contribution >= 0.6 is 11.8 Å². The van der Waals surface area contributed by atoms with Crippen molar-refractivity contribution in [3.63, 3.8) is 0 Å². The first-order valence-corrected chi connectivity index (χ1v) is 10.1. The van der Waals surface area contributed by atoms with Crippen LogP contribution < -0.4 is 0 Å². The first-order valence-electron chi connectivity index (χ1n) is 9.08. The lowest BCUT2D eigenvalue weighted by atomic mass is 10.1. The maximum Gasteiger partial charge on any atom is 0.320 e. The van der Waals surface area contributed by atoms with E-state index >= 15 is 0 Å². The lowest BCUT2D eigenvalue weighted by molar-refractivity contribution is -0.386. The lowest BCUT2D eigenvalue weighted by Gasteiger charge is -2.31. The monoisotopic (exact) mass is 418 g/mol. The molecule has 2 heterocycles. The number of nitrogens with zero attached hydrogens (tertiary/aromatic N) is 4. The summed E-state index contributed by atoms with van der Waals surface area (Å²) >= 11 is 1.50. The van der Waals surface area contributed by atoms with Crippen LogP contribution in [0.4, 0.5) is 5.69 Å². The van der Waals surface area contributed by atoms with Gasteiger partial charge in [0.15, 0.2) is 0 Å². The van der Waals surface area contributed by atoms with Gasteiger partial charge in [0, 0.05) is 24.4 Å². The van der Waals surface area contributed by atoms with E-state index in [0.717, 1.165) is 5.56 Å². The van der Waals surface area contributed by atoms with Gasteiger partial charge in [0.05, 0.1) is 18.6 Å². The fourth-order valence-electron chi connectivity index (χ4n) is 3.32. The van der Waals surface area contributed by atoms with Crippen molar-refractivity contribution in [3.05, 3.63) is 56.9 Å². The van der Waals surface area contributed by atoms with Crippen LogP contribution in [0, 0.1) is 24.0 Å². The fraction of sp³-hybridized carbons (Fsp3) is 0.421. The highest BCUT2D eigenvalue weighted by Crippen LogP contribution is 2.23. The fourth-order valence-corrected chi connectivity index (χ4v) is 4.45. The van der Waals surface area contributed by atoms with Gasteiger partial charge in [0.25, 0.3) is 5.91 Å². The Balaban J connectivity index is 1.70. The number of hydrogen-bond acceptors (Lipinski definition) is 7. The van der Waals surface area contributed by atoms with Crippen molar-refractivity contribution in [2.75, 3.05) is 26.0 Å². The largest absolute Gasteiger partial charge is 0.468 e. The van der Waals surface area contributed by atoms with Crippen LogP contribution in [0.2, 0.25) is 0 Å². The molecule has 1 fully saturated rings. The molecule has 3 rings (SSSR count). The van der Waals surface area contributed by atoms with Gasteiger partial charge in [-0.1, -0.05) is 12.1 Å². The second-order valence-electron chi connectivity index (χ2n) is 6.76. The van der Waals surface area contributed by atoms with Crippen molar-refractivity contribution in [2.45, 2.75) is 25.6 Å². The van der Waals surface area contributed by atoms with Gasteiger partial charge in [0.2, 0.25) is 0 Å². The molecule has 1 aliphatic heterocycles. The molecular weight excluding hydrogens is 396 g/mol. The summed E-state index contributed by atoms with van der Waals surface area (Å²) in [5.74, 6) is 0.231. The minimum Gasteiger partial charge on any atom is -0.468 e. The molecule has 29 heavy (non-hydrogen) atoms. The smallest absolute Gasteiger partial charge is 0.320 e. The Kier molecular flexibility index (Phi) is 6.21. The van der Waals surface area contributed by atoms with Crippen LogP contribution in [-0.2, 0) is 16.1 Å². The summed E-state index contributed by atoms with van der Waals surface area (Å²) in [6.07, 6.45) is 0. The van der Waals surface area contributed by atoms with Gasteiger partial charge in [0.1, 0.15) is 16.6 Å². The Hall–Kier alpha value is -2.88. The molecule has 10 heteroatoms. The molecule has 9 nitrogen and oxygen atoms in total. The van der Waals surface area contributed by atoms with Crippen LogP contribution in [-0.4, -0.2) is 62.7 Å². The molecule has 0 unspecified atom stereocenters. The van der Waals surface area contributed by atoms with Crippen LogP contribution in [0.5, 0.6) is 0 Å². The molecule has 1 amide bonds. The predicted octanol–water partition coefficient (Wildman–Crippen LogP) is 2.19. The van der Waals surface area contributed by atoms with E-state index in [9.17, 15) is 19.7 Å². The van der Waals surface area contributed by atoms with E-state index in [1.165, 1.54) is 18.9 Å². The van der Waals surface area contributed by atoms with Crippen molar-refractivity contribution in [2.24, 2.45) is 0 Å². The van der Waals surface area contributed by atoms with Crippen LogP contribution in [0.15, 0.2) is 24.3 Å². The first kappa shape index (κ1) is 20.8. The number of methoxy groups -OCH3 is 1. The zero-order chi connectivity index (χ0) is 21.1. The summed E-state index contributed by atoms with van der Waals surface area (Å²) in [6, 6.07) is 7.08. The number of thioether (sulfide) groups is 1. The zero-order valence-corrected chi connectivity index (χ0v) is 17.3. The maximum atomic E-state index is 12.8. The van der Waals surface area contributed by atoms with Crippen molar-refractivity contribution in [3.8, 4) is 0 Å². The Bertz CT molecular complexity index is 941. The van der Waals surface area contributed by atoms with Gasteiger partial charge >= 0.3 is 11.7 Å². The molecule has 0 radical (unpaired) electrons. The van der Waals surface area contributed by atoms with E-state index in [-0.39, 0.29) is 22.8 Å². The molecule has 1 atom stereocenters. The summed E-state index contributed by atoms with van der Waals surface area (Å²) in [7, 11) is 1.35. The summed E-state index contributed by atoms with van der Waals surface area (Å²) in [4.78, 5) is 36.9. The van der Waals surface area contributed by atoms with Crippen LogP contribution in [0.1, 0.15) is 27.3 Å². The molecule has 1 aromatic carbocycles. The second kappa shape index (κ2) is 8.64. The molecule has 2 aromatic rings. The third kappa shape index (κ3) is 4.42. The van der Waals surface area contributed by atoms with Gasteiger partial charge in [-0.15, -0.1) is 11.8 Å². The number of rotatable bonds is 5. The number of carbonyl (C=O) groups excluding carboxylic acids is 2. The number of carbonyl (C=O) groups is 2. The minimum atomic E-state index is -0.422. The number of benzene rings is 1. The van der Waals surface area contributed by atoms with Gasteiger partial charge < -0.3 is 9.64 Å². The van der Waals surface area contributed by atoms with Crippen molar-refractivity contribution in [1.29, 1.82) is 0 Å². The van der Waals surface area contributed by atoms with Crippen LogP contribution in [0.3, 0.4) is 0 Å². The number of nitro groups is 1. The van der Waals surface area contributed by atoms with Gasteiger partial charge in [-0.2, -0.15) is 5.10 Å². The van der Waals surface area contributed by atoms with Crippen molar-refractivity contribution in [1.82, 2.24) is 14.7 Å². The zero-order valence-electron chi connectivity index (χ0n) is 16.5. The summed E-state index contributed by atoms with van der Waals surface area (Å²) in [6.45, 7) is 4.56. The highest BCUT2D eigenvalue weighted by atomic mass is 32.2. The number of hydrogen-bond donors (Lipinski definition) is 0. The molecule has 0 saturated carbocycles. The standard InChI is InChI=1S/C19H22N4O5S/c1-12-17(23(26)27)13(2)22(20-12)10-14-4-6-15(7-5-14)18(24)21-8-9-29-16(11-21)19(25)28-3/h4-7,16H,8-11H2,1-3H3/t16-/m1/s1. The highest BCUT2D eigenvalue weighted by molar-refractivity contribution is 8.00. The van der Waals surface area contributed by atoms with E-state index in [1.807, 2.05) is 12.1 Å². The number of amides is 1. The highest BCUT2D eigenvalue weighted by Gasteiger charge is 2.30. The lowest BCUT2D eigenvalue weighted by Crippen LogP contribution is -2.44. The van der Waals surface area contributed by atoms with E-state index in [2.05, 4.69) is 5.10 Å². The average molecular weight is 418 g/mol. The molecule has 1 aromatic heterocycles. The third-order valence-electron chi connectivity index (χ3n) is 4.88. The summed E-state index contributed by atoms with van der Waals surface area (Å²) in [5, 5.41) is 15.0. The van der Waals surface area contributed by atoms with Gasteiger partial charge in [-0.05, 0) is 31.5 Å². The van der Waals surface area contributed by atoms with Crippen molar-refractivity contribution >= 4 is 29.3 Å². The van der Waals surface area contributed by atoms with Crippen LogP contribution in [0.25, 0.3) is 0 Å². The number of esters is 1. The number of aromatic nitrogens is 2. The van der Waals surface area contributed by atoms with Crippen molar-refractivity contribution < 1.29 is 19.2 Å². The number of aryl methyl sites for hydroxylation is 1. The Morgan fingerprint density at radius 3 is 2.59 bits per heavy atom. The molecule has 0 N–H and O–H groups in total. The van der Waals surface area contributed by atoms with E-state index in [1.54, 1.807) is 35.6 Å². The summed E-state index contributed by atoms with van der Waals surface area (Å²) in [5.41, 5.74) is 2.31. The van der Waals surface area contributed by atoms with Gasteiger partial charge in [-0.3, -0.25) is 24.4 Å². The quantitative estimate of drug-likeness (QED) is 0.416. The Labute approximate surface area is 172 Å². The SMILES string of the molecule is COC(=O)[C@H]1CN(C(=O)c2ccc(Cn3nc(C)c([N+](=O)[O-])c3C)cc2)CCS1. The predicted molar refractivity (Wildman–Crippen MR) is 108 cm³/mol. The maximum absolute atomic E-state index is 12.8. The average Bonchev–Trinajstić information content (AvgIpc) is 3.00. The first-order chi connectivity index (χ1) is 13.8. The second-order valence-corrected chi connectivity index (χ2v) is 8.08. The molecule has 1 saturated heterocycles. The normalized spacial score (nSPS) is 16.5. The molecule has 154 valence electrons. The van der Waals surface area contributed by atoms with Gasteiger partial charge in [-0.25, -0.2) is 0 Å². The molecule has 0 aliphatic carbocycles. The molecule has 0 spiro atoms. The Morgan fingerprint density at radius 1 is 1.31 bits per heavy atom. The minimum absolute atomic E-state index is 0.0277. The molecule has 0 bridgehead atoms. The molecule has 1 aliphatic rings.